The summed E-state index contributed by atoms with van der Waals surface area (Å²) in [6.07, 6.45) is 1.72. The van der Waals surface area contributed by atoms with E-state index in [0.717, 1.165) is 53.3 Å². The van der Waals surface area contributed by atoms with E-state index in [1.165, 1.54) is 11.8 Å². The van der Waals surface area contributed by atoms with Crippen molar-refractivity contribution in [3.05, 3.63) is 65.0 Å². The molecule has 9 heteroatoms. The minimum absolute atomic E-state index is 0.126. The molecule has 1 aliphatic rings. The van der Waals surface area contributed by atoms with Crippen molar-refractivity contribution in [3.63, 3.8) is 0 Å². The topological polar surface area (TPSA) is 106 Å². The van der Waals surface area contributed by atoms with Crippen LogP contribution in [-0.4, -0.2) is 49.8 Å². The van der Waals surface area contributed by atoms with Gasteiger partial charge in [0.2, 0.25) is 11.8 Å². The third kappa shape index (κ3) is 5.31. The SMILES string of the molecule is Cc1ccc(C)c(-n2c(C)nnc2SCC(=O)Nc2ccccc2CN2CCCC2C(N)=O)c1. The number of nitrogens with zero attached hydrogens (tertiary/aromatic N) is 4. The van der Waals surface area contributed by atoms with Gasteiger partial charge in [0.15, 0.2) is 5.16 Å². The number of anilines is 1. The van der Waals surface area contributed by atoms with Gasteiger partial charge in [-0.25, -0.2) is 0 Å². The highest BCUT2D eigenvalue weighted by Crippen LogP contribution is 2.26. The summed E-state index contributed by atoms with van der Waals surface area (Å²) in [5.41, 5.74) is 10.6. The maximum absolute atomic E-state index is 12.8. The summed E-state index contributed by atoms with van der Waals surface area (Å²) in [4.78, 5) is 26.7. The summed E-state index contributed by atoms with van der Waals surface area (Å²) in [5.74, 6) is 0.555. The van der Waals surface area contributed by atoms with Gasteiger partial charge in [-0.3, -0.25) is 19.1 Å². The average molecular weight is 479 g/mol. The Hall–Kier alpha value is -3.17. The Bertz CT molecular complexity index is 1210. The highest BCUT2D eigenvalue weighted by Gasteiger charge is 2.29. The van der Waals surface area contributed by atoms with Crippen molar-refractivity contribution in [3.8, 4) is 5.69 Å². The lowest BCUT2D eigenvalue weighted by Crippen LogP contribution is -2.39. The van der Waals surface area contributed by atoms with E-state index >= 15 is 0 Å². The van der Waals surface area contributed by atoms with Gasteiger partial charge in [-0.05, 0) is 69.0 Å². The second-order valence-electron chi connectivity index (χ2n) is 8.68. The van der Waals surface area contributed by atoms with Crippen LogP contribution in [0.25, 0.3) is 5.69 Å². The molecule has 0 spiro atoms. The monoisotopic (exact) mass is 478 g/mol. The van der Waals surface area contributed by atoms with Crippen molar-refractivity contribution < 1.29 is 9.59 Å². The van der Waals surface area contributed by atoms with E-state index in [-0.39, 0.29) is 23.6 Å². The largest absolute Gasteiger partial charge is 0.368 e. The van der Waals surface area contributed by atoms with Gasteiger partial charge in [0, 0.05) is 12.2 Å². The van der Waals surface area contributed by atoms with Crippen LogP contribution in [0.2, 0.25) is 0 Å². The van der Waals surface area contributed by atoms with Crippen LogP contribution in [0.3, 0.4) is 0 Å². The molecule has 3 N–H and O–H groups in total. The minimum atomic E-state index is -0.293. The van der Waals surface area contributed by atoms with Crippen LogP contribution in [0.5, 0.6) is 0 Å². The standard InChI is InChI=1S/C25H30N6O2S/c1-16-10-11-17(2)22(13-16)31-18(3)28-29-25(31)34-15-23(32)27-20-8-5-4-7-19(20)14-30-12-6-9-21(30)24(26)33/h4-5,7-8,10-11,13,21H,6,9,12,14-15H2,1-3H3,(H2,26,33)(H,27,32). The van der Waals surface area contributed by atoms with Crippen molar-refractivity contribution in [2.24, 2.45) is 5.73 Å². The number of aromatic nitrogens is 3. The molecule has 1 atom stereocenters. The van der Waals surface area contributed by atoms with E-state index in [9.17, 15) is 9.59 Å². The number of para-hydroxylation sites is 1. The Morgan fingerprint density at radius 2 is 1.94 bits per heavy atom. The number of thioether (sulfide) groups is 1. The molecular weight excluding hydrogens is 448 g/mol. The van der Waals surface area contributed by atoms with Gasteiger partial charge in [-0.2, -0.15) is 0 Å². The molecule has 34 heavy (non-hydrogen) atoms. The summed E-state index contributed by atoms with van der Waals surface area (Å²) in [7, 11) is 0. The van der Waals surface area contributed by atoms with E-state index in [1.54, 1.807) is 0 Å². The van der Waals surface area contributed by atoms with E-state index in [4.69, 9.17) is 5.73 Å². The number of carbonyl (C=O) groups excluding carboxylic acids is 2. The zero-order valence-corrected chi connectivity index (χ0v) is 20.6. The smallest absolute Gasteiger partial charge is 0.234 e. The van der Waals surface area contributed by atoms with E-state index in [1.807, 2.05) is 42.7 Å². The Morgan fingerprint density at radius 3 is 2.74 bits per heavy atom. The number of amides is 2. The molecule has 0 saturated carbocycles. The number of likely N-dealkylation sites (tertiary alicyclic amines) is 1. The van der Waals surface area contributed by atoms with Crippen molar-refractivity contribution in [1.29, 1.82) is 0 Å². The average Bonchev–Trinajstić information content (AvgIpc) is 3.42. The predicted octanol–water partition coefficient (Wildman–Crippen LogP) is 3.37. The van der Waals surface area contributed by atoms with Crippen molar-refractivity contribution in [2.45, 2.75) is 51.4 Å². The molecule has 4 rings (SSSR count). The maximum Gasteiger partial charge on any atom is 0.234 e. The summed E-state index contributed by atoms with van der Waals surface area (Å²) in [5, 5.41) is 12.2. The van der Waals surface area contributed by atoms with Crippen molar-refractivity contribution >= 4 is 29.3 Å². The molecule has 0 radical (unpaired) electrons. The Balaban J connectivity index is 1.44. The lowest BCUT2D eigenvalue weighted by Gasteiger charge is -2.23. The first-order valence-corrected chi connectivity index (χ1v) is 12.4. The summed E-state index contributed by atoms with van der Waals surface area (Å²) < 4.78 is 1.99. The van der Waals surface area contributed by atoms with Crippen LogP contribution in [0.15, 0.2) is 47.6 Å². The van der Waals surface area contributed by atoms with E-state index in [0.29, 0.717) is 11.7 Å². The predicted molar refractivity (Wildman–Crippen MR) is 134 cm³/mol. The van der Waals surface area contributed by atoms with Gasteiger partial charge in [-0.15, -0.1) is 10.2 Å². The first-order valence-electron chi connectivity index (χ1n) is 11.4. The van der Waals surface area contributed by atoms with Crippen molar-refractivity contribution in [1.82, 2.24) is 19.7 Å². The van der Waals surface area contributed by atoms with Crippen LogP contribution in [-0.2, 0) is 16.1 Å². The molecule has 1 aliphatic heterocycles. The third-order valence-corrected chi connectivity index (χ3v) is 7.02. The normalized spacial score (nSPS) is 16.0. The lowest BCUT2D eigenvalue weighted by molar-refractivity contribution is -0.122. The molecule has 1 fully saturated rings. The van der Waals surface area contributed by atoms with E-state index < -0.39 is 0 Å². The zero-order chi connectivity index (χ0) is 24.2. The summed E-state index contributed by atoms with van der Waals surface area (Å²) >= 11 is 1.35. The van der Waals surface area contributed by atoms with Crippen molar-refractivity contribution in [2.75, 3.05) is 17.6 Å². The number of benzene rings is 2. The van der Waals surface area contributed by atoms with Gasteiger partial charge in [0.1, 0.15) is 5.82 Å². The number of nitrogens with one attached hydrogen (secondary N) is 1. The third-order valence-electron chi connectivity index (χ3n) is 6.09. The molecule has 8 nitrogen and oxygen atoms in total. The number of hydrogen-bond acceptors (Lipinski definition) is 6. The maximum atomic E-state index is 12.8. The van der Waals surface area contributed by atoms with Gasteiger partial charge < -0.3 is 11.1 Å². The number of primary amides is 1. The molecule has 0 bridgehead atoms. The van der Waals surface area contributed by atoms with E-state index in [2.05, 4.69) is 45.5 Å². The number of aryl methyl sites for hydroxylation is 3. The number of rotatable bonds is 8. The molecule has 178 valence electrons. The van der Waals surface area contributed by atoms with Crippen LogP contribution >= 0.6 is 11.8 Å². The quantitative estimate of drug-likeness (QED) is 0.481. The minimum Gasteiger partial charge on any atom is -0.368 e. The molecule has 2 heterocycles. The Morgan fingerprint density at radius 1 is 1.15 bits per heavy atom. The highest BCUT2D eigenvalue weighted by atomic mass is 32.2. The first-order chi connectivity index (χ1) is 16.3. The second-order valence-corrected chi connectivity index (χ2v) is 9.62. The fourth-order valence-electron chi connectivity index (χ4n) is 4.33. The van der Waals surface area contributed by atoms with Gasteiger partial charge >= 0.3 is 0 Å². The summed E-state index contributed by atoms with van der Waals surface area (Å²) in [6.45, 7) is 7.40. The fraction of sp³-hybridized carbons (Fsp3) is 0.360. The van der Waals surface area contributed by atoms with Gasteiger partial charge in [0.25, 0.3) is 0 Å². The van der Waals surface area contributed by atoms with Crippen LogP contribution < -0.4 is 11.1 Å². The van der Waals surface area contributed by atoms with Gasteiger partial charge in [0.05, 0.1) is 17.5 Å². The Labute approximate surface area is 203 Å². The lowest BCUT2D eigenvalue weighted by atomic mass is 10.1. The van der Waals surface area contributed by atoms with Crippen LogP contribution in [0.4, 0.5) is 5.69 Å². The number of hydrogen-bond donors (Lipinski definition) is 2. The van der Waals surface area contributed by atoms with Crippen LogP contribution in [0.1, 0.15) is 35.4 Å². The Kier molecular flexibility index (Phi) is 7.33. The zero-order valence-electron chi connectivity index (χ0n) is 19.7. The first kappa shape index (κ1) is 24.0. The summed E-state index contributed by atoms with van der Waals surface area (Å²) in [6, 6.07) is 13.7. The van der Waals surface area contributed by atoms with Gasteiger partial charge in [-0.1, -0.05) is 42.1 Å². The molecule has 3 aromatic rings. The molecule has 0 aliphatic carbocycles. The molecule has 1 saturated heterocycles. The number of nitrogens with two attached hydrogens (primary N) is 1. The molecular formula is C25H30N6O2S. The highest BCUT2D eigenvalue weighted by molar-refractivity contribution is 7.99. The fourth-order valence-corrected chi connectivity index (χ4v) is 5.12. The van der Waals surface area contributed by atoms with Crippen LogP contribution in [0, 0.1) is 20.8 Å². The molecule has 1 aromatic heterocycles. The molecule has 2 aromatic carbocycles. The molecule has 2 amide bonds. The number of carbonyl (C=O) groups is 2. The molecule has 1 unspecified atom stereocenters. The second kappa shape index (κ2) is 10.4.